The van der Waals surface area contributed by atoms with Crippen molar-refractivity contribution < 1.29 is 8.85 Å². The molecule has 2 aliphatic carbocycles. The molecule has 2 N–H and O–H groups in total. The lowest BCUT2D eigenvalue weighted by molar-refractivity contribution is -0.0543. The average Bonchev–Trinajstić information content (AvgIpc) is 2.38. The van der Waals surface area contributed by atoms with E-state index in [2.05, 4.69) is 13.8 Å². The highest BCUT2D eigenvalue weighted by Gasteiger charge is 2.48. The molecule has 2 rings (SSSR count). The Morgan fingerprint density at radius 2 is 2.00 bits per heavy atom. The molecule has 4 unspecified atom stereocenters. The first-order valence-corrected chi connectivity index (χ1v) is 10.5. The van der Waals surface area contributed by atoms with Crippen LogP contribution < -0.4 is 5.73 Å². The van der Waals surface area contributed by atoms with E-state index in [4.69, 9.17) is 14.6 Å². The molecule has 2 fully saturated rings. The van der Waals surface area contributed by atoms with Crippen LogP contribution in [0.15, 0.2) is 0 Å². The lowest BCUT2D eigenvalue weighted by Gasteiger charge is -2.53. The second kappa shape index (κ2) is 7.20. The van der Waals surface area contributed by atoms with E-state index in [1.165, 1.54) is 19.3 Å². The van der Waals surface area contributed by atoms with Crippen LogP contribution in [0, 0.1) is 17.8 Å². The summed E-state index contributed by atoms with van der Waals surface area (Å²) in [6.45, 7) is 6.82. The van der Waals surface area contributed by atoms with Crippen molar-refractivity contribution in [2.45, 2.75) is 58.0 Å². The molecule has 0 aliphatic heterocycles. The first kappa shape index (κ1) is 15.5. The molecule has 112 valence electrons. The zero-order valence-electron chi connectivity index (χ0n) is 12.7. The third kappa shape index (κ3) is 3.60. The first-order valence-electron chi connectivity index (χ1n) is 8.22. The van der Waals surface area contributed by atoms with E-state index in [0.29, 0.717) is 0 Å². The predicted octanol–water partition coefficient (Wildman–Crippen LogP) is 3.29. The van der Waals surface area contributed by atoms with Crippen LogP contribution in [-0.4, -0.2) is 28.3 Å². The van der Waals surface area contributed by atoms with Gasteiger partial charge in [0.1, 0.15) is 0 Å². The van der Waals surface area contributed by atoms with Crippen molar-refractivity contribution in [3.05, 3.63) is 0 Å². The van der Waals surface area contributed by atoms with Crippen molar-refractivity contribution >= 4 is 8.56 Å². The lowest BCUT2D eigenvalue weighted by Crippen LogP contribution is -2.50. The van der Waals surface area contributed by atoms with Crippen LogP contribution in [0.3, 0.4) is 0 Å². The van der Waals surface area contributed by atoms with Gasteiger partial charge in [0.25, 0.3) is 0 Å². The molecule has 3 nitrogen and oxygen atoms in total. The van der Waals surface area contributed by atoms with Crippen LogP contribution in [0.25, 0.3) is 0 Å². The summed E-state index contributed by atoms with van der Waals surface area (Å²) in [5, 5.41) is 0. The molecule has 0 aromatic heterocycles. The average molecular weight is 286 g/mol. The molecule has 0 amide bonds. The van der Waals surface area contributed by atoms with Crippen molar-refractivity contribution in [2.75, 3.05) is 19.8 Å². The number of fused-ring (bicyclic) bond motifs is 1. The third-order valence-corrected chi connectivity index (χ3v) is 8.93. The van der Waals surface area contributed by atoms with Gasteiger partial charge in [-0.1, -0.05) is 13.3 Å². The minimum atomic E-state index is -1.97. The molecule has 4 atom stereocenters. The van der Waals surface area contributed by atoms with Crippen LogP contribution >= 0.6 is 0 Å². The van der Waals surface area contributed by atoms with E-state index in [9.17, 15) is 0 Å². The van der Waals surface area contributed by atoms with Crippen molar-refractivity contribution in [3.63, 3.8) is 0 Å². The van der Waals surface area contributed by atoms with Gasteiger partial charge in [-0.15, -0.1) is 0 Å². The largest absolute Gasteiger partial charge is 0.394 e. The molecule has 0 aromatic rings. The smallest absolute Gasteiger partial charge is 0.338 e. The molecule has 0 bridgehead atoms. The summed E-state index contributed by atoms with van der Waals surface area (Å²) in [6.07, 6.45) is 6.52. The summed E-state index contributed by atoms with van der Waals surface area (Å²) in [6, 6.07) is 2.20. The molecule has 0 heterocycles. The van der Waals surface area contributed by atoms with E-state index < -0.39 is 8.56 Å². The quantitative estimate of drug-likeness (QED) is 0.626. The molecule has 4 heteroatoms. The highest BCUT2D eigenvalue weighted by molar-refractivity contribution is 6.67. The summed E-state index contributed by atoms with van der Waals surface area (Å²) < 4.78 is 12.6. The highest BCUT2D eigenvalue weighted by atomic mass is 28.4. The Morgan fingerprint density at radius 3 is 2.47 bits per heavy atom. The molecule has 0 aromatic carbocycles. The van der Waals surface area contributed by atoms with E-state index in [1.54, 1.807) is 0 Å². The summed E-state index contributed by atoms with van der Waals surface area (Å²) in [5.74, 6) is 2.87. The van der Waals surface area contributed by atoms with Gasteiger partial charge in [-0.3, -0.25) is 0 Å². The van der Waals surface area contributed by atoms with E-state index in [-0.39, 0.29) is 0 Å². The third-order valence-electron chi connectivity index (χ3n) is 5.05. The molecule has 19 heavy (non-hydrogen) atoms. The van der Waals surface area contributed by atoms with Gasteiger partial charge in [0.15, 0.2) is 0 Å². The second-order valence-electron chi connectivity index (χ2n) is 6.29. The Labute approximate surface area is 119 Å². The number of rotatable bonds is 10. The molecule has 2 aliphatic rings. The van der Waals surface area contributed by atoms with E-state index >= 15 is 0 Å². The zero-order chi connectivity index (χ0) is 13.7. The van der Waals surface area contributed by atoms with Gasteiger partial charge < -0.3 is 14.6 Å². The van der Waals surface area contributed by atoms with Crippen molar-refractivity contribution in [2.24, 2.45) is 23.5 Å². The van der Waals surface area contributed by atoms with Gasteiger partial charge in [-0.2, -0.15) is 0 Å². The van der Waals surface area contributed by atoms with Gasteiger partial charge in [-0.25, -0.2) is 0 Å². The summed E-state index contributed by atoms with van der Waals surface area (Å²) in [7, 11) is -1.97. The minimum absolute atomic E-state index is 0.753. The summed E-state index contributed by atoms with van der Waals surface area (Å²) >= 11 is 0. The van der Waals surface area contributed by atoms with Crippen LogP contribution in [0.1, 0.15) is 46.0 Å². The van der Waals surface area contributed by atoms with Gasteiger partial charge in [0.2, 0.25) is 0 Å². The Morgan fingerprint density at radius 1 is 1.16 bits per heavy atom. The van der Waals surface area contributed by atoms with Crippen LogP contribution in [-0.2, 0) is 8.85 Å². The molecule has 0 saturated heterocycles. The number of hydrogen-bond acceptors (Lipinski definition) is 3. The number of nitrogens with two attached hydrogens (primary N) is 1. The maximum absolute atomic E-state index is 6.43. The molecular formula is C15H31NO2Si. The van der Waals surface area contributed by atoms with Crippen LogP contribution in [0.2, 0.25) is 12.1 Å². The molecule has 2 saturated carbocycles. The highest BCUT2D eigenvalue weighted by Crippen LogP contribution is 2.54. The van der Waals surface area contributed by atoms with E-state index in [1.807, 2.05) is 0 Å². The molecule has 0 spiro atoms. The Balaban J connectivity index is 1.83. The standard InChI is InChI=1S/C15H31NO2Si/c1-3-9-19(17-4-2,10-5-8-16)18-12-14-11-13-6-7-15(13)14/h13-15H,3-12,16H2,1-2H3. The second-order valence-corrected chi connectivity index (χ2v) is 9.69. The maximum atomic E-state index is 6.43. The normalized spacial score (nSPS) is 32.1. The van der Waals surface area contributed by atoms with Crippen LogP contribution in [0.5, 0.6) is 0 Å². The zero-order valence-corrected chi connectivity index (χ0v) is 13.7. The van der Waals surface area contributed by atoms with Crippen molar-refractivity contribution in [3.8, 4) is 0 Å². The fourth-order valence-corrected chi connectivity index (χ4v) is 7.26. The summed E-state index contributed by atoms with van der Waals surface area (Å²) in [4.78, 5) is 0. The summed E-state index contributed by atoms with van der Waals surface area (Å²) in [5.41, 5.74) is 5.68. The fraction of sp³-hybridized carbons (Fsp3) is 1.00. The number of hydrogen-bond donors (Lipinski definition) is 1. The van der Waals surface area contributed by atoms with Crippen LogP contribution in [0.4, 0.5) is 0 Å². The Kier molecular flexibility index (Phi) is 5.87. The van der Waals surface area contributed by atoms with Crippen molar-refractivity contribution in [1.82, 2.24) is 0 Å². The van der Waals surface area contributed by atoms with Gasteiger partial charge in [-0.05, 0) is 69.0 Å². The molecular weight excluding hydrogens is 254 g/mol. The minimum Gasteiger partial charge on any atom is -0.394 e. The molecule has 0 radical (unpaired) electrons. The fourth-order valence-electron chi connectivity index (χ4n) is 3.80. The predicted molar refractivity (Wildman–Crippen MR) is 81.2 cm³/mol. The van der Waals surface area contributed by atoms with E-state index in [0.717, 1.165) is 62.4 Å². The van der Waals surface area contributed by atoms with Gasteiger partial charge in [0.05, 0.1) is 0 Å². The Hall–Kier alpha value is 0.0969. The topological polar surface area (TPSA) is 44.5 Å². The maximum Gasteiger partial charge on any atom is 0.338 e. The monoisotopic (exact) mass is 285 g/mol. The lowest BCUT2D eigenvalue weighted by atomic mass is 9.53. The van der Waals surface area contributed by atoms with Gasteiger partial charge >= 0.3 is 8.56 Å². The Bertz CT molecular complexity index is 269. The van der Waals surface area contributed by atoms with Gasteiger partial charge in [0, 0.05) is 13.2 Å². The first-order chi connectivity index (χ1) is 9.24. The van der Waals surface area contributed by atoms with Crippen molar-refractivity contribution in [1.29, 1.82) is 0 Å². The SMILES string of the molecule is CCC[Si](CCCN)(OCC)OCC1CC2CCC21.